The summed E-state index contributed by atoms with van der Waals surface area (Å²) in [4.78, 5) is 21.4. The van der Waals surface area contributed by atoms with Crippen LogP contribution < -0.4 is 5.56 Å². The Morgan fingerprint density at radius 1 is 1.33 bits per heavy atom. The van der Waals surface area contributed by atoms with Crippen LogP contribution in [0.3, 0.4) is 0 Å². The van der Waals surface area contributed by atoms with Crippen LogP contribution in [-0.4, -0.2) is 19.8 Å². The Labute approximate surface area is 101 Å². The summed E-state index contributed by atoms with van der Waals surface area (Å²) >= 11 is 0. The van der Waals surface area contributed by atoms with Gasteiger partial charge >= 0.3 is 11.2 Å². The molecule has 0 aliphatic carbocycles. The number of aromatic nitrogens is 2. The molecule has 7 heteroatoms. The number of aromatic hydroxyl groups is 1. The van der Waals surface area contributed by atoms with E-state index in [1.807, 2.05) is 0 Å². The van der Waals surface area contributed by atoms with Crippen molar-refractivity contribution < 1.29 is 10.0 Å². The first-order chi connectivity index (χ1) is 8.52. The van der Waals surface area contributed by atoms with E-state index in [0.717, 1.165) is 4.68 Å². The van der Waals surface area contributed by atoms with Crippen LogP contribution in [0, 0.1) is 10.1 Å². The summed E-state index contributed by atoms with van der Waals surface area (Å²) in [7, 11) is 1.29. The van der Waals surface area contributed by atoms with Crippen molar-refractivity contribution in [2.75, 3.05) is 0 Å². The van der Waals surface area contributed by atoms with E-state index in [-0.39, 0.29) is 5.69 Å². The summed E-state index contributed by atoms with van der Waals surface area (Å²) in [5.41, 5.74) is -1.32. The van der Waals surface area contributed by atoms with Crippen LogP contribution in [0.5, 0.6) is 5.75 Å². The topological polar surface area (TPSA) is 98.3 Å². The van der Waals surface area contributed by atoms with Gasteiger partial charge in [-0.15, -0.1) is 0 Å². The SMILES string of the molecule is Cn1nc(-c2ccccc2)c(O)c([N+](=O)[O-])c1=O. The average Bonchev–Trinajstić information content (AvgIpc) is 2.34. The minimum absolute atomic E-state index is 0.00407. The smallest absolute Gasteiger partial charge is 0.379 e. The van der Waals surface area contributed by atoms with E-state index in [4.69, 9.17) is 0 Å². The van der Waals surface area contributed by atoms with Gasteiger partial charge in [0.05, 0.1) is 4.92 Å². The van der Waals surface area contributed by atoms with Gasteiger partial charge in [0.25, 0.3) is 0 Å². The second-order valence-electron chi connectivity index (χ2n) is 3.60. The summed E-state index contributed by atoms with van der Waals surface area (Å²) in [5.74, 6) is -0.714. The van der Waals surface area contributed by atoms with Crippen molar-refractivity contribution in [2.45, 2.75) is 0 Å². The zero-order chi connectivity index (χ0) is 13.3. The third-order valence-electron chi connectivity index (χ3n) is 2.42. The Morgan fingerprint density at radius 2 is 1.94 bits per heavy atom. The van der Waals surface area contributed by atoms with Gasteiger partial charge in [-0.2, -0.15) is 5.10 Å². The standard InChI is InChI=1S/C11H9N3O4/c1-13-11(16)9(14(17)18)10(15)8(12-13)7-5-3-2-4-6-7/h2-6,15H,1H3. The van der Waals surface area contributed by atoms with Gasteiger partial charge in [-0.3, -0.25) is 14.9 Å². The number of hydrogen-bond donors (Lipinski definition) is 1. The van der Waals surface area contributed by atoms with Crippen molar-refractivity contribution >= 4 is 5.69 Å². The lowest BCUT2D eigenvalue weighted by molar-refractivity contribution is -0.387. The maximum atomic E-state index is 11.5. The first-order valence-electron chi connectivity index (χ1n) is 5.02. The van der Waals surface area contributed by atoms with E-state index in [9.17, 15) is 20.0 Å². The first kappa shape index (κ1) is 11.8. The van der Waals surface area contributed by atoms with Gasteiger partial charge in [-0.05, 0) is 0 Å². The lowest BCUT2D eigenvalue weighted by Gasteiger charge is -2.05. The predicted octanol–water partition coefficient (Wildman–Crippen LogP) is 1.06. The number of nitrogens with zero attached hydrogens (tertiary/aromatic N) is 3. The molecule has 0 aliphatic rings. The molecule has 0 unspecified atom stereocenters. The monoisotopic (exact) mass is 247 g/mol. The van der Waals surface area contributed by atoms with E-state index in [1.54, 1.807) is 30.3 Å². The highest BCUT2D eigenvalue weighted by Crippen LogP contribution is 2.31. The highest BCUT2D eigenvalue weighted by molar-refractivity contribution is 5.70. The fourth-order valence-electron chi connectivity index (χ4n) is 1.56. The Kier molecular flexibility index (Phi) is 2.80. The number of aryl methyl sites for hydroxylation is 1. The normalized spacial score (nSPS) is 10.3. The molecule has 0 radical (unpaired) electrons. The Morgan fingerprint density at radius 3 is 2.50 bits per heavy atom. The summed E-state index contributed by atoms with van der Waals surface area (Å²) in [6.07, 6.45) is 0. The maximum Gasteiger partial charge on any atom is 0.379 e. The van der Waals surface area contributed by atoms with Gasteiger partial charge in [0, 0.05) is 12.6 Å². The number of rotatable bonds is 2. The zero-order valence-corrected chi connectivity index (χ0v) is 9.40. The molecule has 1 aromatic heterocycles. The molecule has 0 fully saturated rings. The van der Waals surface area contributed by atoms with Crippen LogP contribution in [-0.2, 0) is 7.05 Å². The van der Waals surface area contributed by atoms with E-state index < -0.39 is 21.9 Å². The van der Waals surface area contributed by atoms with Gasteiger partial charge < -0.3 is 5.11 Å². The molecule has 1 N–H and O–H groups in total. The minimum Gasteiger partial charge on any atom is -0.500 e. The molecule has 0 amide bonds. The van der Waals surface area contributed by atoms with E-state index in [1.165, 1.54) is 7.05 Å². The number of benzene rings is 1. The molecule has 0 atom stereocenters. The second-order valence-corrected chi connectivity index (χ2v) is 3.60. The molecule has 0 bridgehead atoms. The molecule has 7 nitrogen and oxygen atoms in total. The quantitative estimate of drug-likeness (QED) is 0.632. The van der Waals surface area contributed by atoms with Gasteiger partial charge in [0.2, 0.25) is 5.75 Å². The Balaban J connectivity index is 2.79. The molecule has 1 aromatic carbocycles. The summed E-state index contributed by atoms with van der Waals surface area (Å²) in [6.45, 7) is 0. The molecular weight excluding hydrogens is 238 g/mol. The van der Waals surface area contributed by atoms with Crippen molar-refractivity contribution in [1.29, 1.82) is 0 Å². The fraction of sp³-hybridized carbons (Fsp3) is 0.0909. The fourth-order valence-corrected chi connectivity index (χ4v) is 1.56. The van der Waals surface area contributed by atoms with Crippen LogP contribution in [0.2, 0.25) is 0 Å². The molecule has 0 aliphatic heterocycles. The molecular formula is C11H9N3O4. The number of hydrogen-bond acceptors (Lipinski definition) is 5. The summed E-state index contributed by atoms with van der Waals surface area (Å²) in [6, 6.07) is 8.43. The van der Waals surface area contributed by atoms with E-state index in [0.29, 0.717) is 5.56 Å². The summed E-state index contributed by atoms with van der Waals surface area (Å²) in [5, 5.41) is 24.4. The van der Waals surface area contributed by atoms with Crippen molar-refractivity contribution in [2.24, 2.45) is 7.05 Å². The molecule has 2 aromatic rings. The average molecular weight is 247 g/mol. The third-order valence-corrected chi connectivity index (χ3v) is 2.42. The highest BCUT2D eigenvalue weighted by Gasteiger charge is 2.26. The second kappa shape index (κ2) is 4.28. The van der Waals surface area contributed by atoms with Crippen LogP contribution in [0.1, 0.15) is 0 Å². The third kappa shape index (κ3) is 1.81. The molecule has 1 heterocycles. The van der Waals surface area contributed by atoms with Crippen molar-refractivity contribution in [1.82, 2.24) is 9.78 Å². The van der Waals surface area contributed by atoms with Gasteiger partial charge in [0.15, 0.2) is 0 Å². The highest BCUT2D eigenvalue weighted by atomic mass is 16.6. The Bertz CT molecular complexity index is 664. The largest absolute Gasteiger partial charge is 0.500 e. The molecule has 0 saturated carbocycles. The molecule has 2 rings (SSSR count). The van der Waals surface area contributed by atoms with Crippen molar-refractivity contribution in [3.63, 3.8) is 0 Å². The molecule has 18 heavy (non-hydrogen) atoms. The molecule has 92 valence electrons. The van der Waals surface area contributed by atoms with Crippen LogP contribution in [0.4, 0.5) is 5.69 Å². The predicted molar refractivity (Wildman–Crippen MR) is 63.2 cm³/mol. The van der Waals surface area contributed by atoms with E-state index >= 15 is 0 Å². The van der Waals surface area contributed by atoms with Crippen molar-refractivity contribution in [3.05, 3.63) is 50.8 Å². The lowest BCUT2D eigenvalue weighted by atomic mass is 10.1. The van der Waals surface area contributed by atoms with Gasteiger partial charge in [-0.25, -0.2) is 4.68 Å². The molecule has 0 saturated heterocycles. The first-order valence-corrected chi connectivity index (χ1v) is 5.02. The van der Waals surface area contributed by atoms with Crippen molar-refractivity contribution in [3.8, 4) is 17.0 Å². The van der Waals surface area contributed by atoms with E-state index in [2.05, 4.69) is 5.10 Å². The minimum atomic E-state index is -0.947. The van der Waals surface area contributed by atoms with Crippen LogP contribution in [0.25, 0.3) is 11.3 Å². The van der Waals surface area contributed by atoms with Gasteiger partial charge in [0.1, 0.15) is 5.69 Å². The number of nitro groups is 1. The van der Waals surface area contributed by atoms with Crippen LogP contribution in [0.15, 0.2) is 35.1 Å². The van der Waals surface area contributed by atoms with Gasteiger partial charge in [-0.1, -0.05) is 30.3 Å². The molecule has 0 spiro atoms. The zero-order valence-electron chi connectivity index (χ0n) is 9.40. The lowest BCUT2D eigenvalue weighted by Crippen LogP contribution is -2.23. The summed E-state index contributed by atoms with van der Waals surface area (Å²) < 4.78 is 0.834. The Hall–Kier alpha value is -2.70. The van der Waals surface area contributed by atoms with Crippen LogP contribution >= 0.6 is 0 Å². The maximum absolute atomic E-state index is 11.5.